The van der Waals surface area contributed by atoms with Gasteiger partial charge in [0.2, 0.25) is 0 Å². The summed E-state index contributed by atoms with van der Waals surface area (Å²) >= 11 is 0. The van der Waals surface area contributed by atoms with Crippen LogP contribution >= 0.6 is 0 Å². The van der Waals surface area contributed by atoms with E-state index in [1.165, 1.54) is 31.5 Å². The van der Waals surface area contributed by atoms with Crippen molar-refractivity contribution < 1.29 is 0 Å². The maximum Gasteiger partial charge on any atom is 0.0195 e. The highest BCUT2D eigenvalue weighted by molar-refractivity contribution is 5.19. The van der Waals surface area contributed by atoms with Crippen LogP contribution in [0, 0.1) is 0 Å². The third-order valence-corrected chi connectivity index (χ3v) is 3.71. The van der Waals surface area contributed by atoms with Crippen LogP contribution in [0.5, 0.6) is 0 Å². The Bertz CT molecular complexity index is 323. The minimum Gasteiger partial charge on any atom is -0.312 e. The smallest absolute Gasteiger partial charge is 0.0195 e. The van der Waals surface area contributed by atoms with Crippen molar-refractivity contribution in [3.63, 3.8) is 0 Å². The summed E-state index contributed by atoms with van der Waals surface area (Å²) in [5.74, 6) is 0.600. The monoisotopic (exact) mass is 232 g/mol. The maximum absolute atomic E-state index is 3.71. The predicted molar refractivity (Wildman–Crippen MR) is 73.4 cm³/mol. The van der Waals surface area contributed by atoms with Crippen molar-refractivity contribution in [1.82, 2.24) is 10.2 Å². The largest absolute Gasteiger partial charge is 0.312 e. The van der Waals surface area contributed by atoms with Crippen LogP contribution in [0.1, 0.15) is 31.2 Å². The van der Waals surface area contributed by atoms with E-state index in [1.54, 1.807) is 0 Å². The lowest BCUT2D eigenvalue weighted by Gasteiger charge is -2.31. The quantitative estimate of drug-likeness (QED) is 0.858. The van der Waals surface area contributed by atoms with Gasteiger partial charge in [0.15, 0.2) is 0 Å². The Hall–Kier alpha value is -0.860. The molecule has 0 aliphatic carbocycles. The second kappa shape index (κ2) is 6.18. The fourth-order valence-corrected chi connectivity index (χ4v) is 2.58. The average molecular weight is 232 g/mol. The SMILES string of the molecule is CC(CNC1CCCN(C)C1)c1ccccc1. The Labute approximate surface area is 105 Å². The summed E-state index contributed by atoms with van der Waals surface area (Å²) in [6.45, 7) is 5.84. The number of piperidine rings is 1. The lowest BCUT2D eigenvalue weighted by molar-refractivity contribution is 0.226. The number of nitrogens with one attached hydrogen (secondary N) is 1. The number of rotatable bonds is 4. The number of nitrogens with zero attached hydrogens (tertiary/aromatic N) is 1. The van der Waals surface area contributed by atoms with Crippen LogP contribution in [-0.4, -0.2) is 37.6 Å². The second-order valence-corrected chi connectivity index (χ2v) is 5.32. The van der Waals surface area contributed by atoms with Gasteiger partial charge in [-0.25, -0.2) is 0 Å². The molecule has 0 aromatic heterocycles. The number of hydrogen-bond acceptors (Lipinski definition) is 2. The first-order valence-electron chi connectivity index (χ1n) is 6.72. The van der Waals surface area contributed by atoms with E-state index in [4.69, 9.17) is 0 Å². The summed E-state index contributed by atoms with van der Waals surface area (Å²) in [5, 5.41) is 3.71. The standard InChI is InChI=1S/C15H24N2/c1-13(14-7-4-3-5-8-14)11-16-15-9-6-10-17(2)12-15/h3-5,7-8,13,15-16H,6,9-12H2,1-2H3. The molecule has 1 aromatic carbocycles. The van der Waals surface area contributed by atoms with E-state index in [1.807, 2.05) is 0 Å². The highest BCUT2D eigenvalue weighted by Gasteiger charge is 2.17. The Balaban J connectivity index is 1.78. The van der Waals surface area contributed by atoms with Gasteiger partial charge in [-0.15, -0.1) is 0 Å². The third kappa shape index (κ3) is 3.83. The molecule has 1 aromatic rings. The number of hydrogen-bond donors (Lipinski definition) is 1. The molecule has 1 heterocycles. The molecule has 0 bridgehead atoms. The molecule has 1 fully saturated rings. The highest BCUT2D eigenvalue weighted by atomic mass is 15.1. The molecule has 2 atom stereocenters. The molecule has 2 heteroatoms. The molecule has 94 valence electrons. The Morgan fingerprint density at radius 2 is 2.12 bits per heavy atom. The summed E-state index contributed by atoms with van der Waals surface area (Å²) in [4.78, 5) is 2.42. The van der Waals surface area contributed by atoms with Gasteiger partial charge >= 0.3 is 0 Å². The lowest BCUT2D eigenvalue weighted by Crippen LogP contribution is -2.44. The average Bonchev–Trinajstić information content (AvgIpc) is 2.37. The van der Waals surface area contributed by atoms with Gasteiger partial charge in [-0.3, -0.25) is 0 Å². The number of benzene rings is 1. The molecular weight excluding hydrogens is 208 g/mol. The van der Waals surface area contributed by atoms with Crippen molar-refractivity contribution in [3.8, 4) is 0 Å². The highest BCUT2D eigenvalue weighted by Crippen LogP contribution is 2.14. The summed E-state index contributed by atoms with van der Waals surface area (Å²) in [7, 11) is 2.22. The van der Waals surface area contributed by atoms with E-state index >= 15 is 0 Å². The third-order valence-electron chi connectivity index (χ3n) is 3.71. The zero-order chi connectivity index (χ0) is 12.1. The maximum atomic E-state index is 3.71. The van der Waals surface area contributed by atoms with E-state index in [0.717, 1.165) is 6.54 Å². The molecule has 17 heavy (non-hydrogen) atoms. The van der Waals surface area contributed by atoms with Gasteiger partial charge in [-0.05, 0) is 37.9 Å². The zero-order valence-electron chi connectivity index (χ0n) is 11.0. The van der Waals surface area contributed by atoms with E-state index in [0.29, 0.717) is 12.0 Å². The van der Waals surface area contributed by atoms with Gasteiger partial charge in [0.25, 0.3) is 0 Å². The van der Waals surface area contributed by atoms with E-state index in [-0.39, 0.29) is 0 Å². The van der Waals surface area contributed by atoms with E-state index < -0.39 is 0 Å². The Morgan fingerprint density at radius 3 is 2.82 bits per heavy atom. The van der Waals surface area contributed by atoms with Crippen LogP contribution in [0.3, 0.4) is 0 Å². The fraction of sp³-hybridized carbons (Fsp3) is 0.600. The topological polar surface area (TPSA) is 15.3 Å². The van der Waals surface area contributed by atoms with Crippen molar-refractivity contribution in [1.29, 1.82) is 0 Å². The second-order valence-electron chi connectivity index (χ2n) is 5.32. The molecule has 0 amide bonds. The Kier molecular flexibility index (Phi) is 4.57. The molecule has 1 aliphatic rings. The molecule has 0 saturated carbocycles. The zero-order valence-corrected chi connectivity index (χ0v) is 11.0. The van der Waals surface area contributed by atoms with Crippen LogP contribution in [0.15, 0.2) is 30.3 Å². The summed E-state index contributed by atoms with van der Waals surface area (Å²) in [6.07, 6.45) is 2.65. The van der Waals surface area contributed by atoms with Gasteiger partial charge in [0.1, 0.15) is 0 Å². The van der Waals surface area contributed by atoms with Crippen molar-refractivity contribution in [2.24, 2.45) is 0 Å². The molecular formula is C15H24N2. The fourth-order valence-electron chi connectivity index (χ4n) is 2.58. The molecule has 1 aliphatic heterocycles. The van der Waals surface area contributed by atoms with Gasteiger partial charge in [-0.2, -0.15) is 0 Å². The molecule has 1 N–H and O–H groups in total. The minimum absolute atomic E-state index is 0.600. The van der Waals surface area contributed by atoms with Gasteiger partial charge in [0, 0.05) is 19.1 Å². The van der Waals surface area contributed by atoms with Crippen molar-refractivity contribution in [3.05, 3.63) is 35.9 Å². The summed E-state index contributed by atoms with van der Waals surface area (Å²) < 4.78 is 0. The molecule has 2 nitrogen and oxygen atoms in total. The predicted octanol–water partition coefficient (Wildman–Crippen LogP) is 2.47. The first-order chi connectivity index (χ1) is 8.25. The van der Waals surface area contributed by atoms with Gasteiger partial charge in [0.05, 0.1) is 0 Å². The Morgan fingerprint density at radius 1 is 1.35 bits per heavy atom. The molecule has 0 spiro atoms. The van der Waals surface area contributed by atoms with E-state index in [9.17, 15) is 0 Å². The van der Waals surface area contributed by atoms with Crippen LogP contribution in [0.25, 0.3) is 0 Å². The van der Waals surface area contributed by atoms with Crippen LogP contribution < -0.4 is 5.32 Å². The van der Waals surface area contributed by atoms with E-state index in [2.05, 4.69) is 54.5 Å². The first kappa shape index (κ1) is 12.6. The first-order valence-corrected chi connectivity index (χ1v) is 6.72. The van der Waals surface area contributed by atoms with Crippen LogP contribution in [0.4, 0.5) is 0 Å². The van der Waals surface area contributed by atoms with Crippen LogP contribution in [-0.2, 0) is 0 Å². The molecule has 0 radical (unpaired) electrons. The summed E-state index contributed by atoms with van der Waals surface area (Å²) in [5.41, 5.74) is 1.43. The minimum atomic E-state index is 0.600. The molecule has 2 rings (SSSR count). The molecule has 2 unspecified atom stereocenters. The lowest BCUT2D eigenvalue weighted by atomic mass is 10.00. The van der Waals surface area contributed by atoms with Crippen LogP contribution in [0.2, 0.25) is 0 Å². The molecule has 1 saturated heterocycles. The normalized spacial score (nSPS) is 23.5. The summed E-state index contributed by atoms with van der Waals surface area (Å²) in [6, 6.07) is 11.5. The number of likely N-dealkylation sites (tertiary alicyclic amines) is 1. The van der Waals surface area contributed by atoms with Gasteiger partial charge in [-0.1, -0.05) is 37.3 Å². The van der Waals surface area contributed by atoms with Crippen molar-refractivity contribution in [2.45, 2.75) is 31.7 Å². The number of likely N-dealkylation sites (N-methyl/N-ethyl adjacent to an activating group) is 1. The van der Waals surface area contributed by atoms with Crippen molar-refractivity contribution in [2.75, 3.05) is 26.7 Å². The van der Waals surface area contributed by atoms with Crippen molar-refractivity contribution >= 4 is 0 Å². The van der Waals surface area contributed by atoms with Gasteiger partial charge < -0.3 is 10.2 Å².